The van der Waals surface area contributed by atoms with Crippen molar-refractivity contribution in [3.8, 4) is 11.5 Å². The Kier molecular flexibility index (Phi) is 11.2. The Morgan fingerprint density at radius 3 is 2.38 bits per heavy atom. The average Bonchev–Trinajstić information content (AvgIpc) is 2.96. The minimum Gasteiger partial charge on any atom is -0.508 e. The number of hydrogen-bond donors (Lipinski definition) is 5. The van der Waals surface area contributed by atoms with Crippen molar-refractivity contribution in [3.05, 3.63) is 87.9 Å². The van der Waals surface area contributed by atoms with Gasteiger partial charge in [-0.1, -0.05) is 41.4 Å². The summed E-state index contributed by atoms with van der Waals surface area (Å²) in [5.41, 5.74) is 3.19. The van der Waals surface area contributed by atoms with Gasteiger partial charge in [0.1, 0.15) is 24.2 Å². The molecule has 5 N–H and O–H groups in total. The molecule has 1 atom stereocenters. The Morgan fingerprint density at radius 2 is 1.68 bits per heavy atom. The molecule has 3 aromatic carbocycles. The SMILES string of the molecule is O=C(NCc1ccc(Cl)c(Cl)c1)N1CCC(Nc2ccc(CCNC[C@H](O)COc3ccc(O)cc3)cc2)CC1. The van der Waals surface area contributed by atoms with E-state index in [0.29, 0.717) is 48.0 Å². The zero-order chi connectivity index (χ0) is 28.3. The Labute approximate surface area is 245 Å². The highest BCUT2D eigenvalue weighted by Crippen LogP contribution is 2.23. The number of amides is 2. The molecule has 1 saturated heterocycles. The zero-order valence-electron chi connectivity index (χ0n) is 22.3. The number of halogens is 2. The van der Waals surface area contributed by atoms with Gasteiger partial charge in [-0.15, -0.1) is 0 Å². The van der Waals surface area contributed by atoms with Gasteiger partial charge in [-0.05, 0) is 85.5 Å². The number of rotatable bonds is 12. The minimum absolute atomic E-state index is 0.0696. The van der Waals surface area contributed by atoms with Crippen LogP contribution in [-0.2, 0) is 13.0 Å². The van der Waals surface area contributed by atoms with Crippen molar-refractivity contribution < 1.29 is 19.7 Å². The molecule has 2 amide bonds. The molecule has 10 heteroatoms. The molecule has 40 heavy (non-hydrogen) atoms. The maximum Gasteiger partial charge on any atom is 0.317 e. The van der Waals surface area contributed by atoms with Crippen LogP contribution in [0.5, 0.6) is 11.5 Å². The molecule has 214 valence electrons. The number of nitrogens with one attached hydrogen (secondary N) is 3. The number of aromatic hydroxyl groups is 1. The average molecular weight is 588 g/mol. The van der Waals surface area contributed by atoms with E-state index in [2.05, 4.69) is 40.2 Å². The van der Waals surface area contributed by atoms with E-state index in [-0.39, 0.29) is 18.4 Å². The van der Waals surface area contributed by atoms with Crippen molar-refractivity contribution in [3.63, 3.8) is 0 Å². The zero-order valence-corrected chi connectivity index (χ0v) is 23.8. The highest BCUT2D eigenvalue weighted by atomic mass is 35.5. The lowest BCUT2D eigenvalue weighted by Crippen LogP contribution is -2.46. The number of aliphatic hydroxyl groups is 1. The third-order valence-corrected chi connectivity index (χ3v) is 7.52. The van der Waals surface area contributed by atoms with Crippen LogP contribution in [0.1, 0.15) is 24.0 Å². The van der Waals surface area contributed by atoms with Crippen molar-refractivity contribution in [2.24, 2.45) is 0 Å². The fourth-order valence-electron chi connectivity index (χ4n) is 4.46. The number of carbonyl (C=O) groups is 1. The normalized spacial score (nSPS) is 14.5. The second kappa shape index (κ2) is 15.0. The number of aliphatic hydroxyl groups excluding tert-OH is 1. The first-order chi connectivity index (χ1) is 19.4. The van der Waals surface area contributed by atoms with Gasteiger partial charge in [0, 0.05) is 37.9 Å². The van der Waals surface area contributed by atoms with E-state index >= 15 is 0 Å². The monoisotopic (exact) mass is 586 g/mol. The van der Waals surface area contributed by atoms with E-state index in [0.717, 1.165) is 37.1 Å². The van der Waals surface area contributed by atoms with Gasteiger partial charge >= 0.3 is 6.03 Å². The van der Waals surface area contributed by atoms with Crippen LogP contribution in [0.2, 0.25) is 10.0 Å². The van der Waals surface area contributed by atoms with Crippen molar-refractivity contribution in [2.45, 2.75) is 38.0 Å². The number of hydrogen-bond acceptors (Lipinski definition) is 6. The highest BCUT2D eigenvalue weighted by molar-refractivity contribution is 6.42. The quantitative estimate of drug-likeness (QED) is 0.190. The van der Waals surface area contributed by atoms with Crippen molar-refractivity contribution in [1.82, 2.24) is 15.5 Å². The number of likely N-dealkylation sites (tertiary alicyclic amines) is 1. The topological polar surface area (TPSA) is 106 Å². The fraction of sp³-hybridized carbons (Fsp3) is 0.367. The van der Waals surface area contributed by atoms with Crippen LogP contribution in [0.15, 0.2) is 66.7 Å². The molecule has 1 heterocycles. The number of benzene rings is 3. The summed E-state index contributed by atoms with van der Waals surface area (Å²) in [5, 5.41) is 30.2. The van der Waals surface area contributed by atoms with Crippen molar-refractivity contribution >= 4 is 34.9 Å². The summed E-state index contributed by atoms with van der Waals surface area (Å²) >= 11 is 12.0. The van der Waals surface area contributed by atoms with E-state index in [1.165, 1.54) is 5.56 Å². The summed E-state index contributed by atoms with van der Waals surface area (Å²) in [7, 11) is 0. The van der Waals surface area contributed by atoms with Crippen LogP contribution in [0.3, 0.4) is 0 Å². The molecule has 1 aliphatic heterocycles. The maximum atomic E-state index is 12.6. The molecule has 1 aliphatic rings. The van der Waals surface area contributed by atoms with Gasteiger partial charge in [0.05, 0.1) is 10.0 Å². The first-order valence-corrected chi connectivity index (χ1v) is 14.2. The lowest BCUT2D eigenvalue weighted by molar-refractivity contribution is 0.106. The van der Waals surface area contributed by atoms with E-state index < -0.39 is 6.10 Å². The van der Waals surface area contributed by atoms with Gasteiger partial charge in [0.2, 0.25) is 0 Å². The summed E-state index contributed by atoms with van der Waals surface area (Å²) in [6, 6.07) is 20.4. The summed E-state index contributed by atoms with van der Waals surface area (Å²) in [6.07, 6.45) is 1.98. The number of piperidine rings is 1. The molecule has 0 bridgehead atoms. The Morgan fingerprint density at radius 1 is 0.975 bits per heavy atom. The molecule has 3 aromatic rings. The molecule has 0 aromatic heterocycles. The predicted molar refractivity (Wildman–Crippen MR) is 160 cm³/mol. The lowest BCUT2D eigenvalue weighted by atomic mass is 10.0. The van der Waals surface area contributed by atoms with Gasteiger partial charge in [-0.2, -0.15) is 0 Å². The first-order valence-electron chi connectivity index (χ1n) is 13.5. The number of carbonyl (C=O) groups excluding carboxylic acids is 1. The number of nitrogens with zero attached hydrogens (tertiary/aromatic N) is 1. The Hall–Kier alpha value is -3.17. The molecule has 0 aliphatic carbocycles. The van der Waals surface area contributed by atoms with E-state index in [1.54, 1.807) is 36.4 Å². The Balaban J connectivity index is 1.09. The summed E-state index contributed by atoms with van der Waals surface area (Å²) in [6.45, 7) is 3.16. The second-order valence-corrected chi connectivity index (χ2v) is 10.7. The first kappa shape index (κ1) is 29.8. The molecule has 4 rings (SSSR count). The molecule has 8 nitrogen and oxygen atoms in total. The summed E-state index contributed by atoms with van der Waals surface area (Å²) < 4.78 is 5.53. The van der Waals surface area contributed by atoms with Crippen LogP contribution in [0.25, 0.3) is 0 Å². The van der Waals surface area contributed by atoms with Crippen molar-refractivity contribution in [2.75, 3.05) is 38.1 Å². The maximum absolute atomic E-state index is 12.6. The highest BCUT2D eigenvalue weighted by Gasteiger charge is 2.22. The van der Waals surface area contributed by atoms with E-state index in [4.69, 9.17) is 27.9 Å². The van der Waals surface area contributed by atoms with Gasteiger partial charge in [-0.25, -0.2) is 4.79 Å². The fourth-order valence-corrected chi connectivity index (χ4v) is 4.79. The molecule has 0 unspecified atom stereocenters. The number of urea groups is 1. The van der Waals surface area contributed by atoms with Crippen LogP contribution in [-0.4, -0.2) is 66.1 Å². The van der Waals surface area contributed by atoms with Gasteiger partial charge in [0.15, 0.2) is 0 Å². The summed E-state index contributed by atoms with van der Waals surface area (Å²) in [4.78, 5) is 14.4. The van der Waals surface area contributed by atoms with E-state index in [9.17, 15) is 15.0 Å². The molecular formula is C30H36Cl2N4O4. The lowest BCUT2D eigenvalue weighted by Gasteiger charge is -2.33. The Bertz CT molecular complexity index is 1220. The second-order valence-electron chi connectivity index (χ2n) is 9.92. The summed E-state index contributed by atoms with van der Waals surface area (Å²) in [5.74, 6) is 0.789. The number of phenolic OH excluding ortho intramolecular Hbond substituents is 1. The smallest absolute Gasteiger partial charge is 0.317 e. The molecule has 1 fully saturated rings. The molecule has 0 saturated carbocycles. The van der Waals surface area contributed by atoms with Gasteiger partial charge in [-0.3, -0.25) is 0 Å². The van der Waals surface area contributed by atoms with Gasteiger partial charge < -0.3 is 35.8 Å². The molecule has 0 spiro atoms. The van der Waals surface area contributed by atoms with Crippen LogP contribution in [0.4, 0.5) is 10.5 Å². The minimum atomic E-state index is -0.625. The third kappa shape index (κ3) is 9.48. The van der Waals surface area contributed by atoms with Gasteiger partial charge in [0.25, 0.3) is 0 Å². The molecule has 0 radical (unpaired) electrons. The number of phenols is 1. The third-order valence-electron chi connectivity index (χ3n) is 6.78. The predicted octanol–water partition coefficient (Wildman–Crippen LogP) is 5.06. The largest absolute Gasteiger partial charge is 0.508 e. The standard InChI is InChI=1S/C30H36Cl2N4O4/c31-28-10-3-22(17-29(28)32)18-34-30(39)36-15-12-24(13-16-36)35-23-4-1-21(2-5-23)11-14-33-19-26(38)20-40-27-8-6-25(37)7-9-27/h1-10,17,24,26,33,35,37-38H,11-16,18-20H2,(H,34,39)/t26-/m0/s1. The van der Waals surface area contributed by atoms with E-state index in [1.807, 2.05) is 11.0 Å². The molecular weight excluding hydrogens is 551 g/mol. The number of ether oxygens (including phenoxy) is 1. The van der Waals surface area contributed by atoms with Crippen molar-refractivity contribution in [1.29, 1.82) is 0 Å². The van der Waals surface area contributed by atoms with Crippen LogP contribution >= 0.6 is 23.2 Å². The number of anilines is 1. The van der Waals surface area contributed by atoms with Crippen LogP contribution in [0, 0.1) is 0 Å². The van der Waals surface area contributed by atoms with Crippen LogP contribution < -0.4 is 20.7 Å².